The highest BCUT2D eigenvalue weighted by Crippen LogP contribution is 2.48. The summed E-state index contributed by atoms with van der Waals surface area (Å²) in [5, 5.41) is 3.87. The number of nitrogens with zero attached hydrogens (tertiary/aromatic N) is 1. The van der Waals surface area contributed by atoms with Crippen LogP contribution in [0, 0.1) is 0 Å². The van der Waals surface area contributed by atoms with E-state index in [0.717, 1.165) is 29.3 Å². The Bertz CT molecular complexity index is 732. The van der Waals surface area contributed by atoms with Crippen molar-refractivity contribution in [2.75, 3.05) is 19.0 Å². The van der Waals surface area contributed by atoms with Crippen molar-refractivity contribution in [3.63, 3.8) is 0 Å². The highest BCUT2D eigenvalue weighted by Gasteiger charge is 2.44. The van der Waals surface area contributed by atoms with Crippen molar-refractivity contribution in [3.05, 3.63) is 59.1 Å². The van der Waals surface area contributed by atoms with E-state index in [1.54, 1.807) is 7.11 Å². The van der Waals surface area contributed by atoms with Gasteiger partial charge in [0, 0.05) is 22.2 Å². The monoisotopic (exact) mass is 457 g/mol. The van der Waals surface area contributed by atoms with Gasteiger partial charge in [0.1, 0.15) is 5.75 Å². The molecule has 3 N–H and O–H groups in total. The van der Waals surface area contributed by atoms with Crippen LogP contribution in [0.15, 0.2) is 53.5 Å². The van der Waals surface area contributed by atoms with Crippen LogP contribution in [0.3, 0.4) is 0 Å². The molecule has 0 heterocycles. The summed E-state index contributed by atoms with van der Waals surface area (Å²) in [4.78, 5) is 4.51. The van der Waals surface area contributed by atoms with E-state index in [2.05, 4.69) is 16.4 Å². The SMILES string of the molecule is COc1cccc(NC(N)=NCC2(c3cccc(Cl)c3)CC2)c1.I. The number of ether oxygens (including phenoxy) is 1. The Morgan fingerprint density at radius 2 is 2.00 bits per heavy atom. The van der Waals surface area contributed by atoms with Crippen molar-refractivity contribution in [3.8, 4) is 5.75 Å². The molecule has 2 aromatic carbocycles. The molecular weight excluding hydrogens is 437 g/mol. The zero-order valence-electron chi connectivity index (χ0n) is 13.5. The standard InChI is InChI=1S/C18H20ClN3O.HI/c1-23-16-7-3-6-15(11-16)22-17(20)21-12-18(8-9-18)13-4-2-5-14(19)10-13;/h2-7,10-11H,8-9,12H2,1H3,(H3,20,21,22);1H. The van der Waals surface area contributed by atoms with Gasteiger partial charge in [-0.1, -0.05) is 29.8 Å². The van der Waals surface area contributed by atoms with E-state index in [9.17, 15) is 0 Å². The van der Waals surface area contributed by atoms with Crippen LogP contribution in [0.4, 0.5) is 5.69 Å². The molecule has 0 unspecified atom stereocenters. The van der Waals surface area contributed by atoms with Crippen LogP contribution in [0.2, 0.25) is 5.02 Å². The molecule has 3 rings (SSSR count). The summed E-state index contributed by atoms with van der Waals surface area (Å²) in [5.41, 5.74) is 8.20. The molecule has 0 atom stereocenters. The molecule has 0 radical (unpaired) electrons. The van der Waals surface area contributed by atoms with Crippen molar-refractivity contribution in [1.29, 1.82) is 0 Å². The molecule has 1 aliphatic carbocycles. The van der Waals surface area contributed by atoms with Crippen molar-refractivity contribution in [2.45, 2.75) is 18.3 Å². The lowest BCUT2D eigenvalue weighted by Crippen LogP contribution is -2.25. The number of aliphatic imine (C=N–C) groups is 1. The molecule has 0 saturated heterocycles. The molecule has 1 aliphatic rings. The molecule has 1 fully saturated rings. The number of nitrogens with two attached hydrogens (primary N) is 1. The smallest absolute Gasteiger partial charge is 0.193 e. The van der Waals surface area contributed by atoms with E-state index in [1.807, 2.05) is 42.5 Å². The molecule has 128 valence electrons. The van der Waals surface area contributed by atoms with Gasteiger partial charge in [0.15, 0.2) is 5.96 Å². The van der Waals surface area contributed by atoms with E-state index in [1.165, 1.54) is 5.56 Å². The quantitative estimate of drug-likeness (QED) is 0.397. The normalized spacial score (nSPS) is 15.3. The van der Waals surface area contributed by atoms with Crippen molar-refractivity contribution < 1.29 is 4.74 Å². The van der Waals surface area contributed by atoms with Crippen LogP contribution >= 0.6 is 35.6 Å². The molecule has 0 spiro atoms. The van der Waals surface area contributed by atoms with Gasteiger partial charge in [-0.05, 0) is 42.7 Å². The van der Waals surface area contributed by atoms with E-state index in [0.29, 0.717) is 12.5 Å². The Morgan fingerprint density at radius 3 is 2.67 bits per heavy atom. The molecule has 1 saturated carbocycles. The fourth-order valence-corrected chi connectivity index (χ4v) is 2.82. The van der Waals surface area contributed by atoms with Gasteiger partial charge < -0.3 is 15.8 Å². The van der Waals surface area contributed by atoms with Crippen LogP contribution in [0.25, 0.3) is 0 Å². The number of halogens is 2. The van der Waals surface area contributed by atoms with Gasteiger partial charge in [0.05, 0.1) is 13.7 Å². The summed E-state index contributed by atoms with van der Waals surface area (Å²) in [7, 11) is 1.64. The molecule has 0 bridgehead atoms. The number of hydrogen-bond donors (Lipinski definition) is 2. The second-order valence-electron chi connectivity index (χ2n) is 5.85. The lowest BCUT2D eigenvalue weighted by molar-refractivity contribution is 0.415. The summed E-state index contributed by atoms with van der Waals surface area (Å²) < 4.78 is 5.20. The number of guanidine groups is 1. The second kappa shape index (κ2) is 8.07. The van der Waals surface area contributed by atoms with Gasteiger partial charge >= 0.3 is 0 Å². The lowest BCUT2D eigenvalue weighted by Gasteiger charge is -2.14. The highest BCUT2D eigenvalue weighted by molar-refractivity contribution is 14.0. The zero-order valence-corrected chi connectivity index (χ0v) is 16.5. The Morgan fingerprint density at radius 1 is 1.25 bits per heavy atom. The first-order valence-electron chi connectivity index (χ1n) is 7.58. The number of nitrogens with one attached hydrogen (secondary N) is 1. The van der Waals surface area contributed by atoms with Crippen LogP contribution in [0.1, 0.15) is 18.4 Å². The fourth-order valence-electron chi connectivity index (χ4n) is 2.63. The summed E-state index contributed by atoms with van der Waals surface area (Å²) >= 11 is 6.09. The first-order chi connectivity index (χ1) is 11.1. The van der Waals surface area contributed by atoms with Gasteiger partial charge in [-0.3, -0.25) is 4.99 Å². The minimum atomic E-state index is 0. The number of anilines is 1. The molecule has 0 aromatic heterocycles. The first kappa shape index (κ1) is 18.9. The van der Waals surface area contributed by atoms with Crippen LogP contribution in [-0.4, -0.2) is 19.6 Å². The third-order valence-electron chi connectivity index (χ3n) is 4.18. The van der Waals surface area contributed by atoms with E-state index in [4.69, 9.17) is 22.1 Å². The molecular formula is C18H21ClIN3O. The average molecular weight is 458 g/mol. The Kier molecular flexibility index (Phi) is 6.34. The average Bonchev–Trinajstić information content (AvgIpc) is 3.34. The third kappa shape index (κ3) is 4.54. The molecule has 2 aromatic rings. The predicted octanol–water partition coefficient (Wildman–Crippen LogP) is 4.43. The summed E-state index contributed by atoms with van der Waals surface area (Å²) in [6.45, 7) is 0.663. The Hall–Kier alpha value is -1.47. The largest absolute Gasteiger partial charge is 0.497 e. The first-order valence-corrected chi connectivity index (χ1v) is 7.96. The van der Waals surface area contributed by atoms with Crippen LogP contribution in [-0.2, 0) is 5.41 Å². The summed E-state index contributed by atoms with van der Waals surface area (Å²) in [5.74, 6) is 1.19. The molecule has 4 nitrogen and oxygen atoms in total. The zero-order chi connectivity index (χ0) is 16.3. The maximum atomic E-state index is 6.09. The number of methoxy groups -OCH3 is 1. The van der Waals surface area contributed by atoms with E-state index >= 15 is 0 Å². The minimum Gasteiger partial charge on any atom is -0.497 e. The summed E-state index contributed by atoms with van der Waals surface area (Å²) in [6.07, 6.45) is 2.23. The molecule has 0 amide bonds. The molecule has 6 heteroatoms. The van der Waals surface area contributed by atoms with E-state index < -0.39 is 0 Å². The fraction of sp³-hybridized carbons (Fsp3) is 0.278. The maximum Gasteiger partial charge on any atom is 0.193 e. The van der Waals surface area contributed by atoms with Crippen LogP contribution in [0.5, 0.6) is 5.75 Å². The van der Waals surface area contributed by atoms with Gasteiger partial charge in [0.2, 0.25) is 0 Å². The van der Waals surface area contributed by atoms with Crippen molar-refractivity contribution >= 4 is 47.2 Å². The Balaban J connectivity index is 0.00000208. The second-order valence-corrected chi connectivity index (χ2v) is 6.29. The van der Waals surface area contributed by atoms with Crippen LogP contribution < -0.4 is 15.8 Å². The number of rotatable bonds is 5. The highest BCUT2D eigenvalue weighted by atomic mass is 127. The Labute approximate surface area is 164 Å². The number of hydrogen-bond acceptors (Lipinski definition) is 2. The lowest BCUT2D eigenvalue weighted by atomic mass is 9.96. The van der Waals surface area contributed by atoms with Crippen molar-refractivity contribution in [2.24, 2.45) is 10.7 Å². The molecule has 24 heavy (non-hydrogen) atoms. The van der Waals surface area contributed by atoms with Gasteiger partial charge in [-0.15, -0.1) is 24.0 Å². The summed E-state index contributed by atoms with van der Waals surface area (Å²) in [6, 6.07) is 15.6. The van der Waals surface area contributed by atoms with Gasteiger partial charge in [-0.25, -0.2) is 0 Å². The van der Waals surface area contributed by atoms with Crippen molar-refractivity contribution in [1.82, 2.24) is 0 Å². The molecule has 0 aliphatic heterocycles. The number of benzene rings is 2. The third-order valence-corrected chi connectivity index (χ3v) is 4.42. The van der Waals surface area contributed by atoms with Gasteiger partial charge in [-0.2, -0.15) is 0 Å². The van der Waals surface area contributed by atoms with E-state index in [-0.39, 0.29) is 29.4 Å². The maximum absolute atomic E-state index is 6.09. The van der Waals surface area contributed by atoms with Gasteiger partial charge in [0.25, 0.3) is 0 Å². The topological polar surface area (TPSA) is 59.6 Å². The minimum absolute atomic E-state index is 0. The predicted molar refractivity (Wildman–Crippen MR) is 111 cm³/mol.